The number of aromatic nitrogens is 3. The van der Waals surface area contributed by atoms with Crippen LogP contribution in [0.15, 0.2) is 84.0 Å². The third kappa shape index (κ3) is 4.83. The summed E-state index contributed by atoms with van der Waals surface area (Å²) in [6.07, 6.45) is 0.250. The van der Waals surface area contributed by atoms with Gasteiger partial charge in [0.1, 0.15) is 0 Å². The standard InChI is InChI=1S/C26H21N5O3S/c27-14-7-15-30(20-8-3-1-4-9-20)24(32)17-35-26-29-28-25(31(26)21-10-5-2-6-11-21)19-12-13-22-23(16-19)34-18-33-22/h1-6,8-13,16H,7,15,17-18H2. The molecule has 3 aromatic carbocycles. The molecule has 174 valence electrons. The Kier molecular flexibility index (Phi) is 6.63. The highest BCUT2D eigenvalue weighted by molar-refractivity contribution is 7.99. The lowest BCUT2D eigenvalue weighted by molar-refractivity contribution is -0.116. The number of carbonyl (C=O) groups excluding carboxylic acids is 1. The normalized spacial score (nSPS) is 11.7. The Morgan fingerprint density at radius 1 is 1.00 bits per heavy atom. The maximum absolute atomic E-state index is 13.2. The average molecular weight is 484 g/mol. The van der Waals surface area contributed by atoms with Crippen molar-refractivity contribution in [2.24, 2.45) is 0 Å². The first-order valence-corrected chi connectivity index (χ1v) is 12.0. The lowest BCUT2D eigenvalue weighted by Crippen LogP contribution is -2.33. The summed E-state index contributed by atoms with van der Waals surface area (Å²) >= 11 is 1.31. The summed E-state index contributed by atoms with van der Waals surface area (Å²) < 4.78 is 12.9. The first-order valence-electron chi connectivity index (χ1n) is 11.0. The number of nitriles is 1. The highest BCUT2D eigenvalue weighted by atomic mass is 32.2. The maximum atomic E-state index is 13.2. The quantitative estimate of drug-likeness (QED) is 0.335. The average Bonchev–Trinajstić information content (AvgIpc) is 3.55. The van der Waals surface area contributed by atoms with Crippen LogP contribution in [0, 0.1) is 11.3 Å². The second-order valence-corrected chi connectivity index (χ2v) is 8.57. The lowest BCUT2D eigenvalue weighted by Gasteiger charge is -2.21. The highest BCUT2D eigenvalue weighted by Gasteiger charge is 2.22. The Morgan fingerprint density at radius 2 is 1.74 bits per heavy atom. The van der Waals surface area contributed by atoms with Crippen LogP contribution in [0.5, 0.6) is 11.5 Å². The molecule has 0 unspecified atom stereocenters. The zero-order valence-electron chi connectivity index (χ0n) is 18.7. The molecule has 5 rings (SSSR count). The smallest absolute Gasteiger partial charge is 0.237 e. The van der Waals surface area contributed by atoms with Gasteiger partial charge >= 0.3 is 0 Å². The number of amides is 1. The second-order valence-electron chi connectivity index (χ2n) is 7.62. The number of nitrogens with zero attached hydrogens (tertiary/aromatic N) is 5. The molecular weight excluding hydrogens is 462 g/mol. The number of thioether (sulfide) groups is 1. The van der Waals surface area contributed by atoms with E-state index in [2.05, 4.69) is 16.3 Å². The predicted octanol–water partition coefficient (Wildman–Crippen LogP) is 4.70. The van der Waals surface area contributed by atoms with Crippen LogP contribution >= 0.6 is 11.8 Å². The van der Waals surface area contributed by atoms with E-state index in [1.807, 2.05) is 83.4 Å². The molecule has 0 bridgehead atoms. The van der Waals surface area contributed by atoms with Crippen molar-refractivity contribution >= 4 is 23.4 Å². The molecule has 0 atom stereocenters. The van der Waals surface area contributed by atoms with Crippen LogP contribution in [0.3, 0.4) is 0 Å². The summed E-state index contributed by atoms with van der Waals surface area (Å²) in [5.41, 5.74) is 2.46. The Balaban J connectivity index is 1.44. The van der Waals surface area contributed by atoms with Gasteiger partial charge in [-0.15, -0.1) is 10.2 Å². The molecule has 2 heterocycles. The largest absolute Gasteiger partial charge is 0.454 e. The van der Waals surface area contributed by atoms with Crippen molar-refractivity contribution in [2.75, 3.05) is 24.0 Å². The molecule has 1 aromatic heterocycles. The molecule has 0 radical (unpaired) electrons. The van der Waals surface area contributed by atoms with E-state index in [0.29, 0.717) is 29.0 Å². The number of hydrogen-bond donors (Lipinski definition) is 0. The van der Waals surface area contributed by atoms with E-state index in [9.17, 15) is 4.79 Å². The van der Waals surface area contributed by atoms with Crippen molar-refractivity contribution in [2.45, 2.75) is 11.6 Å². The van der Waals surface area contributed by atoms with Crippen molar-refractivity contribution in [1.29, 1.82) is 5.26 Å². The molecule has 0 aliphatic carbocycles. The fraction of sp³-hybridized carbons (Fsp3) is 0.154. The third-order valence-electron chi connectivity index (χ3n) is 5.42. The van der Waals surface area contributed by atoms with Gasteiger partial charge in [-0.2, -0.15) is 5.26 Å². The Hall–Kier alpha value is -4.29. The molecule has 1 amide bonds. The van der Waals surface area contributed by atoms with E-state index < -0.39 is 0 Å². The topological polar surface area (TPSA) is 93.3 Å². The van der Waals surface area contributed by atoms with Gasteiger partial charge in [-0.25, -0.2) is 0 Å². The zero-order chi connectivity index (χ0) is 24.0. The number of para-hydroxylation sites is 2. The molecule has 8 nitrogen and oxygen atoms in total. The SMILES string of the molecule is N#CCCN(C(=O)CSc1nnc(-c2ccc3c(c2)OCO3)n1-c1ccccc1)c1ccccc1. The molecule has 35 heavy (non-hydrogen) atoms. The van der Waals surface area contributed by atoms with E-state index >= 15 is 0 Å². The summed E-state index contributed by atoms with van der Waals surface area (Å²) in [5.74, 6) is 2.02. The van der Waals surface area contributed by atoms with Crippen LogP contribution < -0.4 is 14.4 Å². The number of hydrogen-bond acceptors (Lipinski definition) is 7. The molecule has 0 spiro atoms. The maximum Gasteiger partial charge on any atom is 0.237 e. The minimum absolute atomic E-state index is 0.108. The van der Waals surface area contributed by atoms with E-state index in [1.165, 1.54) is 11.8 Å². The van der Waals surface area contributed by atoms with Crippen molar-refractivity contribution in [1.82, 2.24) is 14.8 Å². The summed E-state index contributed by atoms with van der Waals surface area (Å²) in [7, 11) is 0. The van der Waals surface area contributed by atoms with Crippen LogP contribution in [0.1, 0.15) is 6.42 Å². The van der Waals surface area contributed by atoms with Crippen LogP contribution in [-0.4, -0.2) is 39.8 Å². The Morgan fingerprint density at radius 3 is 2.51 bits per heavy atom. The van der Waals surface area contributed by atoms with Gasteiger partial charge in [-0.3, -0.25) is 9.36 Å². The van der Waals surface area contributed by atoms with Crippen LogP contribution in [-0.2, 0) is 4.79 Å². The Bertz CT molecular complexity index is 1370. The molecule has 0 N–H and O–H groups in total. The van der Waals surface area contributed by atoms with Gasteiger partial charge in [0.25, 0.3) is 0 Å². The third-order valence-corrected chi connectivity index (χ3v) is 6.33. The van der Waals surface area contributed by atoms with Crippen molar-refractivity contribution in [3.8, 4) is 34.6 Å². The van der Waals surface area contributed by atoms with Crippen molar-refractivity contribution in [3.63, 3.8) is 0 Å². The molecule has 1 aliphatic heterocycles. The van der Waals surface area contributed by atoms with Crippen molar-refractivity contribution < 1.29 is 14.3 Å². The minimum Gasteiger partial charge on any atom is -0.454 e. The molecule has 0 saturated carbocycles. The first kappa shape index (κ1) is 22.5. The molecule has 1 aliphatic rings. The monoisotopic (exact) mass is 483 g/mol. The van der Waals surface area contributed by atoms with Gasteiger partial charge in [0.15, 0.2) is 22.5 Å². The summed E-state index contributed by atoms with van der Waals surface area (Å²) in [5, 5.41) is 18.5. The number of benzene rings is 3. The number of anilines is 1. The first-order chi connectivity index (χ1) is 17.2. The van der Waals surface area contributed by atoms with Crippen LogP contribution in [0.4, 0.5) is 5.69 Å². The predicted molar refractivity (Wildman–Crippen MR) is 133 cm³/mol. The van der Waals surface area contributed by atoms with Gasteiger partial charge < -0.3 is 14.4 Å². The molecule has 9 heteroatoms. The van der Waals surface area contributed by atoms with E-state index in [1.54, 1.807) is 4.90 Å². The van der Waals surface area contributed by atoms with E-state index in [0.717, 1.165) is 16.9 Å². The molecular formula is C26H21N5O3S. The fourth-order valence-electron chi connectivity index (χ4n) is 3.77. The van der Waals surface area contributed by atoms with Gasteiger partial charge in [-0.05, 0) is 42.5 Å². The molecule has 4 aromatic rings. The number of fused-ring (bicyclic) bond motifs is 1. The van der Waals surface area contributed by atoms with Gasteiger partial charge in [-0.1, -0.05) is 48.2 Å². The van der Waals surface area contributed by atoms with Gasteiger partial charge in [0, 0.05) is 23.5 Å². The molecule has 0 fully saturated rings. The number of ether oxygens (including phenoxy) is 2. The van der Waals surface area contributed by atoms with Gasteiger partial charge in [0.2, 0.25) is 12.7 Å². The number of rotatable bonds is 8. The van der Waals surface area contributed by atoms with Crippen LogP contribution in [0.2, 0.25) is 0 Å². The van der Waals surface area contributed by atoms with E-state index in [4.69, 9.17) is 14.7 Å². The summed E-state index contributed by atoms with van der Waals surface area (Å²) in [6, 6.07) is 26.9. The zero-order valence-corrected chi connectivity index (χ0v) is 19.5. The fourth-order valence-corrected chi connectivity index (χ4v) is 4.60. The van der Waals surface area contributed by atoms with Gasteiger partial charge in [0.05, 0.1) is 18.2 Å². The Labute approximate surface area is 206 Å². The molecule has 0 saturated heterocycles. The minimum atomic E-state index is -0.108. The van der Waals surface area contributed by atoms with Crippen LogP contribution in [0.25, 0.3) is 17.1 Å². The lowest BCUT2D eigenvalue weighted by atomic mass is 10.2. The van der Waals surface area contributed by atoms with Crippen molar-refractivity contribution in [3.05, 3.63) is 78.9 Å². The van der Waals surface area contributed by atoms with E-state index in [-0.39, 0.29) is 24.9 Å². The highest BCUT2D eigenvalue weighted by Crippen LogP contribution is 2.37. The second kappa shape index (κ2) is 10.3. The number of carbonyl (C=O) groups is 1. The summed E-state index contributed by atoms with van der Waals surface area (Å²) in [4.78, 5) is 14.8. The summed E-state index contributed by atoms with van der Waals surface area (Å²) in [6.45, 7) is 0.519.